The summed E-state index contributed by atoms with van der Waals surface area (Å²) in [4.78, 5) is 29.9. The number of anilines is 1. The minimum Gasteiger partial charge on any atom is -0.352 e. The van der Waals surface area contributed by atoms with E-state index in [-0.39, 0.29) is 17.9 Å². The quantitative estimate of drug-likeness (QED) is 0.550. The highest BCUT2D eigenvalue weighted by atomic mass is 16.2. The highest BCUT2D eigenvalue weighted by Crippen LogP contribution is 2.28. The van der Waals surface area contributed by atoms with Crippen molar-refractivity contribution in [3.8, 4) is 0 Å². The molecule has 0 bridgehead atoms. The van der Waals surface area contributed by atoms with E-state index in [1.807, 2.05) is 35.2 Å². The van der Waals surface area contributed by atoms with E-state index in [9.17, 15) is 9.59 Å². The first-order valence-electron chi connectivity index (χ1n) is 12.9. The van der Waals surface area contributed by atoms with Crippen molar-refractivity contribution >= 4 is 17.6 Å². The van der Waals surface area contributed by atoms with Gasteiger partial charge >= 0.3 is 6.03 Å². The third-order valence-electron chi connectivity index (χ3n) is 7.08. The van der Waals surface area contributed by atoms with Crippen molar-refractivity contribution in [2.45, 2.75) is 51.4 Å². The molecule has 0 spiro atoms. The second kappa shape index (κ2) is 12.0. The molecule has 2 aliphatic heterocycles. The summed E-state index contributed by atoms with van der Waals surface area (Å²) in [6.07, 6.45) is 6.55. The Labute approximate surface area is 203 Å². The van der Waals surface area contributed by atoms with Gasteiger partial charge in [-0.15, -0.1) is 0 Å². The number of carbonyl (C=O) groups excluding carboxylic acids is 2. The van der Waals surface area contributed by atoms with Crippen LogP contribution >= 0.6 is 0 Å². The van der Waals surface area contributed by atoms with Gasteiger partial charge in [0, 0.05) is 36.8 Å². The van der Waals surface area contributed by atoms with Crippen molar-refractivity contribution in [2.24, 2.45) is 0 Å². The fourth-order valence-corrected chi connectivity index (χ4v) is 5.01. The monoisotopic (exact) mass is 462 g/mol. The van der Waals surface area contributed by atoms with Crippen LogP contribution in [0.4, 0.5) is 10.5 Å². The second-order valence-electron chi connectivity index (χ2n) is 9.55. The molecule has 34 heavy (non-hydrogen) atoms. The van der Waals surface area contributed by atoms with Gasteiger partial charge in [0.1, 0.15) is 0 Å². The molecule has 0 unspecified atom stereocenters. The summed E-state index contributed by atoms with van der Waals surface area (Å²) in [7, 11) is 0. The predicted octanol–water partition coefficient (Wildman–Crippen LogP) is 4.88. The third-order valence-corrected chi connectivity index (χ3v) is 7.08. The number of hydrogen-bond acceptors (Lipinski definition) is 3. The van der Waals surface area contributed by atoms with Crippen LogP contribution in [-0.4, -0.2) is 61.0 Å². The first kappa shape index (κ1) is 24.3. The number of benzene rings is 2. The molecular formula is C28H38N4O2. The number of piperidine rings is 1. The molecule has 0 radical (unpaired) electrons. The number of hydrogen-bond donors (Lipinski definition) is 2. The molecule has 2 aromatic rings. The Bertz CT molecular complexity index is 953. The number of likely N-dealkylation sites (tertiary alicyclic amines) is 2. The van der Waals surface area contributed by atoms with Crippen LogP contribution in [0.3, 0.4) is 0 Å². The molecule has 4 rings (SSSR count). The Kier molecular flexibility index (Phi) is 8.58. The average molecular weight is 463 g/mol. The SMILES string of the molecule is CCc1ccc(NC(=O)N2CCC[C@H](c3cccc(C(=O)NCCCN4CCCC4)c3)C2)cc1. The summed E-state index contributed by atoms with van der Waals surface area (Å²) in [5.74, 6) is 0.231. The molecule has 0 saturated carbocycles. The van der Waals surface area contributed by atoms with Gasteiger partial charge in [-0.1, -0.05) is 31.2 Å². The molecule has 6 nitrogen and oxygen atoms in total. The van der Waals surface area contributed by atoms with Crippen molar-refractivity contribution in [2.75, 3.05) is 44.6 Å². The summed E-state index contributed by atoms with van der Waals surface area (Å²) in [5.41, 5.74) is 3.92. The summed E-state index contributed by atoms with van der Waals surface area (Å²) in [5, 5.41) is 6.11. The Morgan fingerprint density at radius 1 is 1.00 bits per heavy atom. The second-order valence-corrected chi connectivity index (χ2v) is 9.55. The van der Waals surface area contributed by atoms with Crippen LogP contribution in [0.2, 0.25) is 0 Å². The first-order chi connectivity index (χ1) is 16.6. The number of nitrogens with one attached hydrogen (secondary N) is 2. The van der Waals surface area contributed by atoms with Crippen LogP contribution < -0.4 is 10.6 Å². The van der Waals surface area contributed by atoms with Gasteiger partial charge in [-0.25, -0.2) is 4.79 Å². The lowest BCUT2D eigenvalue weighted by molar-refractivity contribution is 0.0951. The van der Waals surface area contributed by atoms with E-state index in [0.29, 0.717) is 18.7 Å². The average Bonchev–Trinajstić information content (AvgIpc) is 3.41. The minimum atomic E-state index is -0.0548. The third kappa shape index (κ3) is 6.60. The van der Waals surface area contributed by atoms with E-state index in [2.05, 4.69) is 40.7 Å². The van der Waals surface area contributed by atoms with E-state index in [4.69, 9.17) is 0 Å². The molecule has 3 amide bonds. The van der Waals surface area contributed by atoms with Gasteiger partial charge in [0.05, 0.1) is 0 Å². The van der Waals surface area contributed by atoms with Crippen LogP contribution in [-0.2, 0) is 6.42 Å². The maximum Gasteiger partial charge on any atom is 0.321 e. The number of urea groups is 1. The summed E-state index contributed by atoms with van der Waals surface area (Å²) >= 11 is 0. The Balaban J connectivity index is 1.29. The fourth-order valence-electron chi connectivity index (χ4n) is 5.01. The maximum atomic E-state index is 12.9. The Morgan fingerprint density at radius 3 is 2.56 bits per heavy atom. The first-order valence-corrected chi connectivity index (χ1v) is 12.9. The van der Waals surface area contributed by atoms with E-state index >= 15 is 0 Å². The predicted molar refractivity (Wildman–Crippen MR) is 137 cm³/mol. The van der Waals surface area contributed by atoms with Crippen molar-refractivity contribution in [3.05, 3.63) is 65.2 Å². The van der Waals surface area contributed by atoms with Crippen LogP contribution in [0, 0.1) is 0 Å². The number of rotatable bonds is 8. The lowest BCUT2D eigenvalue weighted by Gasteiger charge is -2.33. The zero-order valence-electron chi connectivity index (χ0n) is 20.4. The lowest BCUT2D eigenvalue weighted by Crippen LogP contribution is -2.41. The molecule has 0 aliphatic carbocycles. The molecule has 2 aromatic carbocycles. The van der Waals surface area contributed by atoms with Crippen molar-refractivity contribution in [3.63, 3.8) is 0 Å². The molecule has 1 atom stereocenters. The Hall–Kier alpha value is -2.86. The van der Waals surface area contributed by atoms with E-state index in [0.717, 1.165) is 50.0 Å². The van der Waals surface area contributed by atoms with E-state index in [1.54, 1.807) is 0 Å². The molecule has 182 valence electrons. The normalized spacial score (nSPS) is 18.6. The van der Waals surface area contributed by atoms with Gasteiger partial charge in [0.25, 0.3) is 5.91 Å². The standard InChI is InChI=1S/C28H38N4O2/c1-2-22-11-13-26(14-12-22)30-28(34)32-19-6-10-25(21-32)23-8-5-9-24(20-23)27(33)29-15-7-18-31-16-3-4-17-31/h5,8-9,11-14,20,25H,2-4,6-7,10,15-19,21H2,1H3,(H,29,33)(H,30,34)/t25-/m0/s1. The summed E-state index contributed by atoms with van der Waals surface area (Å²) in [6.45, 7) is 7.69. The molecule has 6 heteroatoms. The van der Waals surface area contributed by atoms with Crippen LogP contribution in [0.5, 0.6) is 0 Å². The number of nitrogens with zero attached hydrogens (tertiary/aromatic N) is 2. The molecule has 2 aliphatic rings. The van der Waals surface area contributed by atoms with Crippen molar-refractivity contribution < 1.29 is 9.59 Å². The van der Waals surface area contributed by atoms with E-state index < -0.39 is 0 Å². The zero-order valence-corrected chi connectivity index (χ0v) is 20.4. The highest BCUT2D eigenvalue weighted by molar-refractivity contribution is 5.94. The summed E-state index contributed by atoms with van der Waals surface area (Å²) in [6, 6.07) is 15.9. The number of amides is 3. The molecule has 0 aromatic heterocycles. The molecule has 2 heterocycles. The van der Waals surface area contributed by atoms with Crippen LogP contribution in [0.25, 0.3) is 0 Å². The van der Waals surface area contributed by atoms with E-state index in [1.165, 1.54) is 31.5 Å². The number of carbonyl (C=O) groups is 2. The van der Waals surface area contributed by atoms with Gasteiger partial charge in [-0.3, -0.25) is 4.79 Å². The summed E-state index contributed by atoms with van der Waals surface area (Å²) < 4.78 is 0. The molecule has 2 saturated heterocycles. The van der Waals surface area contributed by atoms with Gasteiger partial charge in [-0.2, -0.15) is 0 Å². The van der Waals surface area contributed by atoms with Crippen LogP contribution in [0.15, 0.2) is 48.5 Å². The molecule has 2 fully saturated rings. The lowest BCUT2D eigenvalue weighted by atomic mass is 9.89. The fraction of sp³-hybridized carbons (Fsp3) is 0.500. The van der Waals surface area contributed by atoms with Crippen LogP contribution in [0.1, 0.15) is 66.4 Å². The Morgan fingerprint density at radius 2 is 1.79 bits per heavy atom. The topological polar surface area (TPSA) is 64.7 Å². The maximum absolute atomic E-state index is 12.9. The molecule has 2 N–H and O–H groups in total. The largest absolute Gasteiger partial charge is 0.352 e. The van der Waals surface area contributed by atoms with Gasteiger partial charge in [-0.05, 0) is 93.6 Å². The van der Waals surface area contributed by atoms with Crippen molar-refractivity contribution in [1.82, 2.24) is 15.1 Å². The van der Waals surface area contributed by atoms with Gasteiger partial charge in [0.2, 0.25) is 0 Å². The minimum absolute atomic E-state index is 0.00999. The highest BCUT2D eigenvalue weighted by Gasteiger charge is 2.25. The zero-order chi connectivity index (χ0) is 23.8. The molecular weight excluding hydrogens is 424 g/mol. The van der Waals surface area contributed by atoms with Gasteiger partial charge in [0.15, 0.2) is 0 Å². The van der Waals surface area contributed by atoms with Crippen molar-refractivity contribution in [1.29, 1.82) is 0 Å². The van der Waals surface area contributed by atoms with Gasteiger partial charge < -0.3 is 20.4 Å². The smallest absolute Gasteiger partial charge is 0.321 e. The number of aryl methyl sites for hydroxylation is 1.